The van der Waals surface area contributed by atoms with Crippen molar-refractivity contribution in [3.63, 3.8) is 0 Å². The second-order valence-electron chi connectivity index (χ2n) is 8.79. The normalized spacial score (nSPS) is 20.3. The molecule has 146 valence electrons. The predicted molar refractivity (Wildman–Crippen MR) is 119 cm³/mol. The minimum absolute atomic E-state index is 0.0879. The lowest BCUT2D eigenvalue weighted by atomic mass is 9.68. The number of allylic oxidation sites excluding steroid dienone is 1. The zero-order valence-electron chi connectivity index (χ0n) is 16.4. The van der Waals surface area contributed by atoms with Crippen molar-refractivity contribution in [2.45, 2.75) is 32.7 Å². The van der Waals surface area contributed by atoms with Gasteiger partial charge in [-0.2, -0.15) is 0 Å². The van der Waals surface area contributed by atoms with Crippen LogP contribution in [0, 0.1) is 11.2 Å². The first kappa shape index (κ1) is 18.6. The van der Waals surface area contributed by atoms with Gasteiger partial charge in [0.15, 0.2) is 5.78 Å². The Morgan fingerprint density at radius 1 is 1.07 bits per heavy atom. The van der Waals surface area contributed by atoms with Gasteiger partial charge in [-0.1, -0.05) is 50.2 Å². The van der Waals surface area contributed by atoms with Crippen LogP contribution in [0.2, 0.25) is 0 Å². The lowest BCUT2D eigenvalue weighted by Gasteiger charge is -2.40. The van der Waals surface area contributed by atoms with E-state index in [1.54, 1.807) is 12.1 Å². The number of ketones is 1. The number of carbonyl (C=O) groups excluding carboxylic acids is 1. The molecule has 1 atom stereocenters. The van der Waals surface area contributed by atoms with Crippen molar-refractivity contribution in [2.24, 2.45) is 5.41 Å². The summed E-state index contributed by atoms with van der Waals surface area (Å²) in [5.74, 6) is -0.131. The fraction of sp³-hybridized carbons (Fsp3) is 0.240. The second-order valence-corrected chi connectivity index (χ2v) is 9.65. The Labute approximate surface area is 177 Å². The molecule has 0 fully saturated rings. The molecule has 1 heterocycles. The molecular formula is C25H21BrFNO. The number of hydrogen-bond acceptors (Lipinski definition) is 2. The molecule has 0 saturated carbocycles. The summed E-state index contributed by atoms with van der Waals surface area (Å²) >= 11 is 3.29. The van der Waals surface area contributed by atoms with Gasteiger partial charge in [-0.3, -0.25) is 4.79 Å². The number of benzene rings is 3. The molecule has 3 aromatic rings. The Kier molecular flexibility index (Phi) is 4.18. The Balaban J connectivity index is 1.80. The van der Waals surface area contributed by atoms with Crippen LogP contribution in [0.25, 0.3) is 16.3 Å². The van der Waals surface area contributed by atoms with Crippen LogP contribution in [0.1, 0.15) is 43.9 Å². The first-order valence-electron chi connectivity index (χ1n) is 9.84. The van der Waals surface area contributed by atoms with Gasteiger partial charge in [0.1, 0.15) is 5.82 Å². The Morgan fingerprint density at radius 2 is 1.86 bits per heavy atom. The van der Waals surface area contributed by atoms with Gasteiger partial charge >= 0.3 is 0 Å². The summed E-state index contributed by atoms with van der Waals surface area (Å²) < 4.78 is 14.3. The average Bonchev–Trinajstić information content (AvgIpc) is 2.68. The average molecular weight is 450 g/mol. The Hall–Kier alpha value is -2.46. The van der Waals surface area contributed by atoms with Crippen LogP contribution in [-0.4, -0.2) is 5.78 Å². The van der Waals surface area contributed by atoms with Gasteiger partial charge < -0.3 is 5.32 Å². The monoisotopic (exact) mass is 449 g/mol. The summed E-state index contributed by atoms with van der Waals surface area (Å²) in [7, 11) is 0. The van der Waals surface area contributed by atoms with E-state index in [0.717, 1.165) is 39.8 Å². The van der Waals surface area contributed by atoms with E-state index in [1.165, 1.54) is 11.5 Å². The van der Waals surface area contributed by atoms with Gasteiger partial charge in [-0.25, -0.2) is 4.39 Å². The molecule has 2 aliphatic rings. The van der Waals surface area contributed by atoms with Crippen molar-refractivity contribution in [2.75, 3.05) is 5.32 Å². The van der Waals surface area contributed by atoms with E-state index < -0.39 is 0 Å². The molecule has 0 saturated heterocycles. The summed E-state index contributed by atoms with van der Waals surface area (Å²) in [5.41, 5.74) is 4.91. The molecule has 1 aliphatic heterocycles. The summed E-state index contributed by atoms with van der Waals surface area (Å²) in [4.78, 5) is 13.3. The summed E-state index contributed by atoms with van der Waals surface area (Å²) in [5, 5.41) is 5.91. The number of Topliss-reactive ketones (excluding diaryl/α,β-unsaturated/α-hetero) is 1. The molecular weight excluding hydrogens is 429 g/mol. The van der Waals surface area contributed by atoms with E-state index in [-0.39, 0.29) is 23.1 Å². The number of halogens is 2. The van der Waals surface area contributed by atoms with Crippen LogP contribution in [0.15, 0.2) is 64.6 Å². The van der Waals surface area contributed by atoms with Crippen molar-refractivity contribution < 1.29 is 9.18 Å². The molecule has 1 aliphatic carbocycles. The van der Waals surface area contributed by atoms with Crippen LogP contribution in [0.4, 0.5) is 10.1 Å². The van der Waals surface area contributed by atoms with Gasteiger partial charge in [0.2, 0.25) is 0 Å². The maximum Gasteiger partial charge on any atom is 0.162 e. The third-order valence-electron chi connectivity index (χ3n) is 6.02. The quantitative estimate of drug-likeness (QED) is 0.431. The first-order valence-corrected chi connectivity index (χ1v) is 10.6. The number of nitrogens with one attached hydrogen (secondary N) is 1. The van der Waals surface area contributed by atoms with Crippen molar-refractivity contribution in [1.29, 1.82) is 0 Å². The highest BCUT2D eigenvalue weighted by Gasteiger charge is 2.40. The van der Waals surface area contributed by atoms with Gasteiger partial charge in [-0.05, 0) is 67.9 Å². The molecule has 0 aromatic heterocycles. The predicted octanol–water partition coefficient (Wildman–Crippen LogP) is 7.05. The molecule has 1 N–H and O–H groups in total. The highest BCUT2D eigenvalue weighted by atomic mass is 79.9. The third-order valence-corrected chi connectivity index (χ3v) is 6.62. The van der Waals surface area contributed by atoms with Crippen LogP contribution in [-0.2, 0) is 4.79 Å². The van der Waals surface area contributed by atoms with Crippen LogP contribution in [0.3, 0.4) is 0 Å². The van der Waals surface area contributed by atoms with E-state index in [9.17, 15) is 9.18 Å². The summed E-state index contributed by atoms with van der Waals surface area (Å²) in [6, 6.07) is 17.2. The van der Waals surface area contributed by atoms with Crippen molar-refractivity contribution in [3.05, 3.63) is 81.6 Å². The summed E-state index contributed by atoms with van der Waals surface area (Å²) in [6.07, 6.45) is 1.36. The standard InChI is InChI=1S/C25H21BrFNO/c1-25(2)12-17-22-16-6-4-3-5-14(16)8-10-20(22)28-24(23(17)21(29)13-25)15-7-9-19(27)18(26)11-15/h3-11,24,28H,12-13H2,1-2H3/t24-/m1/s1. The minimum Gasteiger partial charge on any atom is -0.373 e. The van der Waals surface area contributed by atoms with Crippen molar-refractivity contribution in [1.82, 2.24) is 0 Å². The molecule has 0 radical (unpaired) electrons. The SMILES string of the molecule is CC1(C)CC(=O)C2=C(C1)c1c(ccc3ccccc13)N[C@@H]2c1ccc(F)c(Br)c1. The molecule has 2 nitrogen and oxygen atoms in total. The maximum absolute atomic E-state index is 13.8. The minimum atomic E-state index is -0.304. The number of carbonyl (C=O) groups is 1. The van der Waals surface area contributed by atoms with Crippen LogP contribution in [0.5, 0.6) is 0 Å². The fourth-order valence-corrected chi connectivity index (χ4v) is 5.18. The van der Waals surface area contributed by atoms with Gasteiger partial charge in [0, 0.05) is 23.2 Å². The molecule has 0 spiro atoms. The number of anilines is 1. The summed E-state index contributed by atoms with van der Waals surface area (Å²) in [6.45, 7) is 4.32. The van der Waals surface area contributed by atoms with E-state index in [1.807, 2.05) is 12.1 Å². The second kappa shape index (κ2) is 6.53. The molecule has 0 unspecified atom stereocenters. The molecule has 3 aromatic carbocycles. The van der Waals surface area contributed by atoms with E-state index in [4.69, 9.17) is 0 Å². The molecule has 0 bridgehead atoms. The third kappa shape index (κ3) is 3.01. The lowest BCUT2D eigenvalue weighted by molar-refractivity contribution is -0.118. The van der Waals surface area contributed by atoms with Crippen LogP contribution >= 0.6 is 15.9 Å². The topological polar surface area (TPSA) is 29.1 Å². The van der Waals surface area contributed by atoms with Gasteiger partial charge in [0.25, 0.3) is 0 Å². The van der Waals surface area contributed by atoms with E-state index in [0.29, 0.717) is 10.9 Å². The Bertz CT molecular complexity index is 1210. The van der Waals surface area contributed by atoms with Crippen molar-refractivity contribution in [3.8, 4) is 0 Å². The van der Waals surface area contributed by atoms with E-state index >= 15 is 0 Å². The largest absolute Gasteiger partial charge is 0.373 e. The zero-order chi connectivity index (χ0) is 20.3. The highest BCUT2D eigenvalue weighted by molar-refractivity contribution is 9.10. The van der Waals surface area contributed by atoms with Gasteiger partial charge in [0.05, 0.1) is 10.5 Å². The number of rotatable bonds is 1. The number of hydrogen-bond donors (Lipinski definition) is 1. The molecule has 29 heavy (non-hydrogen) atoms. The molecule has 4 heteroatoms. The smallest absolute Gasteiger partial charge is 0.162 e. The maximum atomic E-state index is 13.8. The molecule has 0 amide bonds. The fourth-order valence-electron chi connectivity index (χ4n) is 4.78. The van der Waals surface area contributed by atoms with Crippen LogP contribution < -0.4 is 5.32 Å². The lowest BCUT2D eigenvalue weighted by Crippen LogP contribution is -2.33. The molecule has 5 rings (SSSR count). The first-order chi connectivity index (χ1) is 13.8. The Morgan fingerprint density at radius 3 is 2.66 bits per heavy atom. The zero-order valence-corrected chi connectivity index (χ0v) is 17.9. The van der Waals surface area contributed by atoms with Gasteiger partial charge in [-0.15, -0.1) is 0 Å². The highest BCUT2D eigenvalue weighted by Crippen LogP contribution is 2.52. The number of fused-ring (bicyclic) bond motifs is 4. The van der Waals surface area contributed by atoms with Crippen molar-refractivity contribution >= 4 is 43.7 Å². The van der Waals surface area contributed by atoms with E-state index in [2.05, 4.69) is 59.4 Å².